The molecule has 3 nitrogen and oxygen atoms in total. The second-order valence-corrected chi connectivity index (χ2v) is 7.85. The molecule has 0 fully saturated rings. The number of carbonyl (C=O) groups is 1. The Morgan fingerprint density at radius 3 is 1.96 bits per heavy atom. The molecular formula is C22H17Br2NO2. The van der Waals surface area contributed by atoms with Crippen molar-refractivity contribution >= 4 is 43.9 Å². The zero-order valence-corrected chi connectivity index (χ0v) is 17.7. The lowest BCUT2D eigenvalue weighted by Crippen LogP contribution is -2.33. The van der Waals surface area contributed by atoms with E-state index in [1.807, 2.05) is 60.7 Å². The summed E-state index contributed by atoms with van der Waals surface area (Å²) in [6, 6.07) is 22.4. The van der Waals surface area contributed by atoms with Gasteiger partial charge in [0, 0.05) is 16.3 Å². The summed E-state index contributed by atoms with van der Waals surface area (Å²) in [7, 11) is 0. The van der Waals surface area contributed by atoms with Gasteiger partial charge in [0.25, 0.3) is 0 Å². The van der Waals surface area contributed by atoms with Gasteiger partial charge in [-0.15, -0.1) is 0 Å². The summed E-state index contributed by atoms with van der Waals surface area (Å²) < 4.78 is 1.34. The summed E-state index contributed by atoms with van der Waals surface area (Å²) in [6.45, 7) is 1.54. The van der Waals surface area contributed by atoms with Crippen LogP contribution in [0.15, 0.2) is 86.7 Å². The molecule has 0 radical (unpaired) electrons. The number of Topliss-reactive ketones (excluding diaryl/α,β-unsaturated/α-hetero) is 1. The number of hydrogen-bond donors (Lipinski definition) is 1. The van der Waals surface area contributed by atoms with E-state index in [0.717, 1.165) is 15.6 Å². The van der Waals surface area contributed by atoms with Crippen molar-refractivity contribution in [3.05, 3.63) is 98.4 Å². The fourth-order valence-electron chi connectivity index (χ4n) is 3.02. The smallest absolute Gasteiger partial charge is 0.168 e. The summed E-state index contributed by atoms with van der Waals surface area (Å²) in [4.78, 5) is 17.6. The first kappa shape index (κ1) is 19.5. The van der Waals surface area contributed by atoms with Crippen molar-refractivity contribution in [2.24, 2.45) is 4.99 Å². The highest BCUT2D eigenvalue weighted by Gasteiger charge is 2.38. The van der Waals surface area contributed by atoms with Crippen molar-refractivity contribution in [3.63, 3.8) is 0 Å². The minimum atomic E-state index is -1.19. The molecule has 1 N–H and O–H groups in total. The van der Waals surface area contributed by atoms with Gasteiger partial charge in [-0.2, -0.15) is 0 Å². The average Bonchev–Trinajstić information content (AvgIpc) is 2.67. The van der Waals surface area contributed by atoms with E-state index < -0.39 is 5.54 Å². The number of halogens is 2. The Morgan fingerprint density at radius 1 is 0.963 bits per heavy atom. The van der Waals surface area contributed by atoms with Crippen LogP contribution in [-0.4, -0.2) is 17.1 Å². The monoisotopic (exact) mass is 485 g/mol. The second kappa shape index (κ2) is 8.19. The molecule has 0 aromatic heterocycles. The van der Waals surface area contributed by atoms with Crippen molar-refractivity contribution in [1.29, 1.82) is 0 Å². The lowest BCUT2D eigenvalue weighted by atomic mass is 9.80. The Kier molecular flexibility index (Phi) is 5.92. The van der Waals surface area contributed by atoms with E-state index >= 15 is 0 Å². The average molecular weight is 487 g/mol. The molecule has 3 aromatic carbocycles. The highest BCUT2D eigenvalue weighted by Crippen LogP contribution is 2.36. The van der Waals surface area contributed by atoms with E-state index in [2.05, 4.69) is 31.9 Å². The lowest BCUT2D eigenvalue weighted by molar-refractivity contribution is -0.120. The number of phenols is 1. The van der Waals surface area contributed by atoms with Gasteiger partial charge in [0.2, 0.25) is 0 Å². The fourth-order valence-corrected chi connectivity index (χ4v) is 4.28. The van der Waals surface area contributed by atoms with Crippen molar-refractivity contribution in [3.8, 4) is 5.75 Å². The second-order valence-electron chi connectivity index (χ2n) is 6.08. The molecular weight excluding hydrogens is 470 g/mol. The first-order chi connectivity index (χ1) is 12.9. The minimum Gasteiger partial charge on any atom is -0.506 e. The molecule has 0 unspecified atom stereocenters. The van der Waals surface area contributed by atoms with Crippen molar-refractivity contribution < 1.29 is 9.90 Å². The molecule has 0 saturated heterocycles. The molecule has 0 saturated carbocycles. The van der Waals surface area contributed by atoms with E-state index in [-0.39, 0.29) is 11.5 Å². The quantitative estimate of drug-likeness (QED) is 0.458. The van der Waals surface area contributed by atoms with Crippen LogP contribution in [0.3, 0.4) is 0 Å². The van der Waals surface area contributed by atoms with E-state index in [1.165, 1.54) is 6.92 Å². The van der Waals surface area contributed by atoms with Crippen LogP contribution in [0.4, 0.5) is 0 Å². The summed E-state index contributed by atoms with van der Waals surface area (Å²) in [5, 5.41) is 10.4. The first-order valence-electron chi connectivity index (χ1n) is 8.30. The zero-order valence-electron chi connectivity index (χ0n) is 14.6. The van der Waals surface area contributed by atoms with Crippen molar-refractivity contribution in [1.82, 2.24) is 0 Å². The van der Waals surface area contributed by atoms with Gasteiger partial charge in [0.15, 0.2) is 11.3 Å². The standard InChI is InChI=1S/C22H17Br2NO2/c1-15(26)22(17-8-4-2-5-9-17,18-10-6-3-7-11-18)25-14-16-12-19(23)13-20(24)21(16)27/h2-14,27H,1H3/b25-14+. The number of phenolic OH excluding ortho intramolecular Hbond substituents is 1. The molecule has 3 rings (SSSR count). The maximum atomic E-state index is 12.9. The predicted octanol–water partition coefficient (Wildman–Crippen LogP) is 5.87. The molecule has 27 heavy (non-hydrogen) atoms. The molecule has 0 atom stereocenters. The number of nitrogens with zero attached hydrogens (tertiary/aromatic N) is 1. The maximum Gasteiger partial charge on any atom is 0.168 e. The van der Waals surface area contributed by atoms with Crippen molar-refractivity contribution in [2.75, 3.05) is 0 Å². The van der Waals surface area contributed by atoms with Gasteiger partial charge in [0.05, 0.1) is 4.47 Å². The van der Waals surface area contributed by atoms with Gasteiger partial charge < -0.3 is 5.11 Å². The Labute approximate surface area is 175 Å². The van der Waals surface area contributed by atoms with E-state index in [9.17, 15) is 9.90 Å². The van der Waals surface area contributed by atoms with Crippen LogP contribution in [0.2, 0.25) is 0 Å². The summed E-state index contributed by atoms with van der Waals surface area (Å²) in [6.07, 6.45) is 1.55. The highest BCUT2D eigenvalue weighted by atomic mass is 79.9. The highest BCUT2D eigenvalue weighted by molar-refractivity contribution is 9.11. The number of rotatable bonds is 5. The van der Waals surface area contributed by atoms with Crippen LogP contribution >= 0.6 is 31.9 Å². The molecule has 0 aliphatic carbocycles. The molecule has 136 valence electrons. The third-order valence-corrected chi connectivity index (χ3v) is 5.41. The molecule has 0 spiro atoms. The number of ketones is 1. The molecule has 0 amide bonds. The van der Waals surface area contributed by atoms with Crippen LogP contribution < -0.4 is 0 Å². The predicted molar refractivity (Wildman–Crippen MR) is 115 cm³/mol. The summed E-state index contributed by atoms with van der Waals surface area (Å²) in [5.74, 6) is -0.0368. The molecule has 3 aromatic rings. The van der Waals surface area contributed by atoms with Crippen LogP contribution in [-0.2, 0) is 10.3 Å². The van der Waals surface area contributed by atoms with Gasteiger partial charge in [0.1, 0.15) is 5.75 Å². The Balaban J connectivity index is 2.24. The van der Waals surface area contributed by atoms with Crippen LogP contribution in [0, 0.1) is 0 Å². The van der Waals surface area contributed by atoms with Crippen LogP contribution in [0.5, 0.6) is 5.75 Å². The number of benzene rings is 3. The molecule has 0 aliphatic heterocycles. The lowest BCUT2D eigenvalue weighted by Gasteiger charge is -2.28. The maximum absolute atomic E-state index is 12.9. The Bertz CT molecular complexity index is 946. The molecule has 5 heteroatoms. The number of hydrogen-bond acceptors (Lipinski definition) is 3. The zero-order chi connectivity index (χ0) is 19.4. The van der Waals surface area contributed by atoms with Crippen LogP contribution in [0.25, 0.3) is 0 Å². The van der Waals surface area contributed by atoms with E-state index in [1.54, 1.807) is 18.3 Å². The SMILES string of the molecule is CC(=O)C(/N=C/c1cc(Br)cc(Br)c1O)(c1ccccc1)c1ccccc1. The first-order valence-corrected chi connectivity index (χ1v) is 9.89. The van der Waals surface area contributed by atoms with Crippen molar-refractivity contribution in [2.45, 2.75) is 12.5 Å². The Hall–Kier alpha value is -2.24. The topological polar surface area (TPSA) is 49.7 Å². The third-order valence-electron chi connectivity index (χ3n) is 4.35. The van der Waals surface area contributed by atoms with E-state index in [0.29, 0.717) is 10.0 Å². The van der Waals surface area contributed by atoms with Gasteiger partial charge in [-0.3, -0.25) is 9.79 Å². The largest absolute Gasteiger partial charge is 0.506 e. The number of aromatic hydroxyl groups is 1. The third kappa shape index (κ3) is 3.89. The Morgan fingerprint density at radius 2 is 1.48 bits per heavy atom. The number of aliphatic imine (C=N–C) groups is 1. The molecule has 0 bridgehead atoms. The van der Waals surface area contributed by atoms with Gasteiger partial charge in [-0.1, -0.05) is 76.6 Å². The minimum absolute atomic E-state index is 0.0699. The number of carbonyl (C=O) groups excluding carboxylic acids is 1. The molecule has 0 aliphatic rings. The normalized spacial score (nSPS) is 11.7. The van der Waals surface area contributed by atoms with Gasteiger partial charge in [-0.25, -0.2) is 0 Å². The van der Waals surface area contributed by atoms with E-state index in [4.69, 9.17) is 4.99 Å². The van der Waals surface area contributed by atoms with Gasteiger partial charge in [-0.05, 0) is 46.1 Å². The summed E-state index contributed by atoms with van der Waals surface area (Å²) in [5.41, 5.74) is 0.861. The molecule has 0 heterocycles. The van der Waals surface area contributed by atoms with Crippen LogP contribution in [0.1, 0.15) is 23.6 Å². The van der Waals surface area contributed by atoms with Gasteiger partial charge >= 0.3 is 0 Å². The fraction of sp³-hybridized carbons (Fsp3) is 0.0909. The summed E-state index contributed by atoms with van der Waals surface area (Å²) >= 11 is 6.74.